The van der Waals surface area contributed by atoms with Crippen molar-refractivity contribution in [2.24, 2.45) is 21.0 Å². The molecule has 9 nitrogen and oxygen atoms in total. The first-order valence-corrected chi connectivity index (χ1v) is 10.6. The molecule has 0 aromatic heterocycles. The standard InChI is InChI=1S/C20H22N6O3S/c1-3-18(27)23-14-6-4-7-15(10-14)24-19-13(2)12-22-20(26-19)25-16-8-5-9-17(11-16)30(21,28)29/h3-13,19,24H,1H2,2H3,(H,23,27)(H,25,26)(H2,21,28,29). The molecular formula is C20H22N6O3S. The van der Waals surface area contributed by atoms with Crippen LogP contribution in [-0.2, 0) is 14.8 Å². The Morgan fingerprint density at radius 2 is 1.83 bits per heavy atom. The molecule has 1 aliphatic heterocycles. The van der Waals surface area contributed by atoms with Crippen molar-refractivity contribution in [2.45, 2.75) is 18.0 Å². The number of sulfonamides is 1. The lowest BCUT2D eigenvalue weighted by Gasteiger charge is -2.24. The Morgan fingerprint density at radius 3 is 2.57 bits per heavy atom. The minimum atomic E-state index is -3.81. The van der Waals surface area contributed by atoms with Crippen LogP contribution < -0.4 is 21.1 Å². The van der Waals surface area contributed by atoms with Gasteiger partial charge in [0.15, 0.2) is 0 Å². The van der Waals surface area contributed by atoms with Gasteiger partial charge in [0.2, 0.25) is 21.9 Å². The van der Waals surface area contributed by atoms with E-state index in [1.165, 1.54) is 18.2 Å². The number of primary sulfonamides is 1. The zero-order valence-corrected chi connectivity index (χ0v) is 17.1. The van der Waals surface area contributed by atoms with Crippen LogP contribution >= 0.6 is 0 Å². The minimum absolute atomic E-state index is 0.00211. The number of amides is 1. The first kappa shape index (κ1) is 21.2. The van der Waals surface area contributed by atoms with Crippen LogP contribution in [0, 0.1) is 5.92 Å². The predicted molar refractivity (Wildman–Crippen MR) is 119 cm³/mol. The molecule has 0 saturated carbocycles. The van der Waals surface area contributed by atoms with Gasteiger partial charge in [0.1, 0.15) is 6.17 Å². The van der Waals surface area contributed by atoms with Gasteiger partial charge in [0, 0.05) is 29.2 Å². The maximum Gasteiger partial charge on any atom is 0.247 e. The molecule has 1 aliphatic rings. The van der Waals surface area contributed by atoms with Crippen LogP contribution in [0.25, 0.3) is 0 Å². The van der Waals surface area contributed by atoms with Gasteiger partial charge in [-0.25, -0.2) is 23.5 Å². The van der Waals surface area contributed by atoms with E-state index in [9.17, 15) is 13.2 Å². The highest BCUT2D eigenvalue weighted by Crippen LogP contribution is 2.21. The number of nitrogens with one attached hydrogen (secondary N) is 3. The highest BCUT2D eigenvalue weighted by molar-refractivity contribution is 7.89. The number of hydrogen-bond acceptors (Lipinski definition) is 7. The van der Waals surface area contributed by atoms with Crippen LogP contribution in [0.3, 0.4) is 0 Å². The van der Waals surface area contributed by atoms with Crippen molar-refractivity contribution < 1.29 is 13.2 Å². The molecule has 0 spiro atoms. The molecule has 2 aromatic carbocycles. The zero-order chi connectivity index (χ0) is 21.7. The van der Waals surface area contributed by atoms with E-state index < -0.39 is 10.0 Å². The third-order valence-corrected chi connectivity index (χ3v) is 5.15. The lowest BCUT2D eigenvalue weighted by molar-refractivity contribution is -0.111. The molecule has 0 bridgehead atoms. The maximum atomic E-state index is 11.5. The summed E-state index contributed by atoms with van der Waals surface area (Å²) in [4.78, 5) is 20.3. The summed E-state index contributed by atoms with van der Waals surface area (Å²) in [6, 6.07) is 13.3. The Bertz CT molecular complexity index is 1130. The molecule has 1 amide bonds. The Morgan fingerprint density at radius 1 is 1.13 bits per heavy atom. The Kier molecular flexibility index (Phi) is 6.28. The number of anilines is 3. The Hall–Kier alpha value is -3.50. The summed E-state index contributed by atoms with van der Waals surface area (Å²) in [7, 11) is -3.81. The van der Waals surface area contributed by atoms with E-state index in [4.69, 9.17) is 5.14 Å². The number of guanidine groups is 1. The molecule has 2 aromatic rings. The largest absolute Gasteiger partial charge is 0.363 e. The molecule has 156 valence electrons. The molecule has 0 fully saturated rings. The van der Waals surface area contributed by atoms with Crippen molar-refractivity contribution in [3.05, 3.63) is 61.2 Å². The number of aliphatic imine (C=N–C) groups is 2. The van der Waals surface area contributed by atoms with E-state index in [1.807, 2.05) is 19.1 Å². The zero-order valence-electron chi connectivity index (χ0n) is 16.2. The quantitative estimate of drug-likeness (QED) is 0.526. The number of carbonyl (C=O) groups excluding carboxylic acids is 1. The average Bonchev–Trinajstić information content (AvgIpc) is 2.70. The minimum Gasteiger partial charge on any atom is -0.363 e. The highest BCUT2D eigenvalue weighted by Gasteiger charge is 2.20. The second kappa shape index (κ2) is 8.89. The summed E-state index contributed by atoms with van der Waals surface area (Å²) in [5.41, 5.74) is 1.90. The third-order valence-electron chi connectivity index (χ3n) is 4.24. The molecule has 3 rings (SSSR count). The predicted octanol–water partition coefficient (Wildman–Crippen LogP) is 2.39. The molecule has 2 atom stereocenters. The fourth-order valence-corrected chi connectivity index (χ4v) is 3.27. The lowest BCUT2D eigenvalue weighted by atomic mass is 10.1. The monoisotopic (exact) mass is 426 g/mol. The molecule has 30 heavy (non-hydrogen) atoms. The first-order chi connectivity index (χ1) is 14.2. The average molecular weight is 427 g/mol. The molecular weight excluding hydrogens is 404 g/mol. The van der Waals surface area contributed by atoms with Crippen molar-refractivity contribution >= 4 is 45.2 Å². The number of nitrogens with two attached hydrogens (primary N) is 1. The summed E-state index contributed by atoms with van der Waals surface area (Å²) < 4.78 is 23.1. The van der Waals surface area contributed by atoms with Crippen LogP contribution in [0.1, 0.15) is 6.92 Å². The van der Waals surface area contributed by atoms with E-state index in [1.54, 1.807) is 30.5 Å². The van der Waals surface area contributed by atoms with Gasteiger partial charge in [-0.3, -0.25) is 4.79 Å². The van der Waals surface area contributed by atoms with E-state index >= 15 is 0 Å². The van der Waals surface area contributed by atoms with Crippen LogP contribution in [0.15, 0.2) is 76.1 Å². The van der Waals surface area contributed by atoms with Crippen LogP contribution in [0.5, 0.6) is 0 Å². The number of rotatable bonds is 6. The molecule has 5 N–H and O–H groups in total. The molecule has 10 heteroatoms. The second-order valence-corrected chi connectivity index (χ2v) is 8.21. The van der Waals surface area contributed by atoms with Crippen molar-refractivity contribution in [3.63, 3.8) is 0 Å². The van der Waals surface area contributed by atoms with Crippen molar-refractivity contribution in [1.82, 2.24) is 0 Å². The van der Waals surface area contributed by atoms with Gasteiger partial charge in [0.05, 0.1) is 4.90 Å². The normalized spacial score (nSPS) is 18.3. The van der Waals surface area contributed by atoms with E-state index in [2.05, 4.69) is 32.5 Å². The van der Waals surface area contributed by atoms with Gasteiger partial charge < -0.3 is 16.0 Å². The van der Waals surface area contributed by atoms with Gasteiger partial charge >= 0.3 is 0 Å². The van der Waals surface area contributed by atoms with E-state index in [0.717, 1.165) is 5.69 Å². The van der Waals surface area contributed by atoms with Gasteiger partial charge in [-0.1, -0.05) is 25.6 Å². The van der Waals surface area contributed by atoms with Crippen LogP contribution in [0.2, 0.25) is 0 Å². The summed E-state index contributed by atoms with van der Waals surface area (Å²) in [6.45, 7) is 5.40. The highest BCUT2D eigenvalue weighted by atomic mass is 32.2. The van der Waals surface area contributed by atoms with Gasteiger partial charge in [-0.05, 0) is 42.5 Å². The second-order valence-electron chi connectivity index (χ2n) is 6.65. The van der Waals surface area contributed by atoms with Crippen molar-refractivity contribution in [3.8, 4) is 0 Å². The summed E-state index contributed by atoms with van der Waals surface area (Å²) >= 11 is 0. The number of carbonyl (C=O) groups is 1. The topological polar surface area (TPSA) is 138 Å². The van der Waals surface area contributed by atoms with Crippen LogP contribution in [-0.4, -0.2) is 32.7 Å². The van der Waals surface area contributed by atoms with Crippen molar-refractivity contribution in [2.75, 3.05) is 16.0 Å². The summed E-state index contributed by atoms with van der Waals surface area (Å²) in [5.74, 6) is 0.0301. The van der Waals surface area contributed by atoms with Crippen molar-refractivity contribution in [1.29, 1.82) is 0 Å². The third kappa shape index (κ3) is 5.52. The lowest BCUT2D eigenvalue weighted by Crippen LogP contribution is -2.32. The molecule has 0 aliphatic carbocycles. The fraction of sp³-hybridized carbons (Fsp3) is 0.150. The Balaban J connectivity index is 1.76. The molecule has 2 unspecified atom stereocenters. The molecule has 1 heterocycles. The number of nitrogens with zero attached hydrogens (tertiary/aromatic N) is 2. The van der Waals surface area contributed by atoms with E-state index in [0.29, 0.717) is 17.3 Å². The molecule has 0 saturated heterocycles. The first-order valence-electron chi connectivity index (χ1n) is 9.06. The SMILES string of the molecule is C=CC(=O)Nc1cccc(NC2N=C(Nc3cccc(S(N)(=O)=O)c3)N=CC2C)c1. The Labute approximate surface area is 174 Å². The number of benzene rings is 2. The summed E-state index contributed by atoms with van der Waals surface area (Å²) in [5, 5.41) is 14.2. The van der Waals surface area contributed by atoms with Gasteiger partial charge in [-0.2, -0.15) is 0 Å². The summed E-state index contributed by atoms with van der Waals surface area (Å²) in [6.07, 6.45) is 2.63. The van der Waals surface area contributed by atoms with E-state index in [-0.39, 0.29) is 22.9 Å². The maximum absolute atomic E-state index is 11.5. The van der Waals surface area contributed by atoms with Gasteiger partial charge in [0.25, 0.3) is 0 Å². The molecule has 0 radical (unpaired) electrons. The van der Waals surface area contributed by atoms with Crippen LogP contribution in [0.4, 0.5) is 17.1 Å². The fourth-order valence-electron chi connectivity index (χ4n) is 2.71. The van der Waals surface area contributed by atoms with Gasteiger partial charge in [-0.15, -0.1) is 0 Å². The number of hydrogen-bond donors (Lipinski definition) is 4. The smallest absolute Gasteiger partial charge is 0.247 e.